The molecule has 0 aliphatic heterocycles. The highest BCUT2D eigenvalue weighted by Gasteiger charge is 2.50. The zero-order valence-electron chi connectivity index (χ0n) is 7.76. The lowest BCUT2D eigenvalue weighted by Gasteiger charge is -2.28. The minimum Gasteiger partial charge on any atom is -0.302 e. The SMILES string of the molecule is [C-]#[N+]C1(C(=O)CC(C)C)CCC1. The summed E-state index contributed by atoms with van der Waals surface area (Å²) in [5.74, 6) is 0.551. The molecule has 0 unspecified atom stereocenters. The Morgan fingerprint density at radius 3 is 2.42 bits per heavy atom. The Bertz CT molecular complexity index is 220. The molecular formula is C10H15NO. The highest BCUT2D eigenvalue weighted by Crippen LogP contribution is 2.38. The van der Waals surface area contributed by atoms with E-state index < -0.39 is 5.54 Å². The molecule has 0 radical (unpaired) electrons. The minimum atomic E-state index is -0.593. The lowest BCUT2D eigenvalue weighted by Crippen LogP contribution is -2.42. The Kier molecular flexibility index (Phi) is 2.52. The normalized spacial score (nSPS) is 19.8. The molecule has 12 heavy (non-hydrogen) atoms. The van der Waals surface area contributed by atoms with Crippen LogP contribution in [0.5, 0.6) is 0 Å². The van der Waals surface area contributed by atoms with E-state index in [0.717, 1.165) is 19.3 Å². The monoisotopic (exact) mass is 165 g/mol. The van der Waals surface area contributed by atoms with Crippen molar-refractivity contribution in [3.8, 4) is 0 Å². The molecule has 0 bridgehead atoms. The van der Waals surface area contributed by atoms with Crippen LogP contribution in [0.2, 0.25) is 0 Å². The van der Waals surface area contributed by atoms with Gasteiger partial charge in [0.2, 0.25) is 5.78 Å². The fourth-order valence-corrected chi connectivity index (χ4v) is 1.53. The van der Waals surface area contributed by atoms with Gasteiger partial charge in [0, 0.05) is 19.3 Å². The first-order chi connectivity index (χ1) is 5.60. The van der Waals surface area contributed by atoms with Crippen molar-refractivity contribution >= 4 is 5.78 Å². The molecule has 0 aromatic rings. The van der Waals surface area contributed by atoms with Gasteiger partial charge in [-0.15, -0.1) is 0 Å². The van der Waals surface area contributed by atoms with E-state index in [1.807, 2.05) is 13.8 Å². The molecule has 1 aliphatic rings. The van der Waals surface area contributed by atoms with Crippen LogP contribution >= 0.6 is 0 Å². The average Bonchev–Trinajstić information content (AvgIpc) is 1.83. The van der Waals surface area contributed by atoms with Crippen molar-refractivity contribution in [3.63, 3.8) is 0 Å². The predicted molar refractivity (Wildman–Crippen MR) is 47.6 cm³/mol. The van der Waals surface area contributed by atoms with Gasteiger partial charge < -0.3 is 4.85 Å². The lowest BCUT2D eigenvalue weighted by molar-refractivity contribution is -0.125. The number of Topliss-reactive ketones (excluding diaryl/α,β-unsaturated/α-hetero) is 1. The summed E-state index contributed by atoms with van der Waals surface area (Å²) in [6, 6.07) is 0. The number of carbonyl (C=O) groups excluding carboxylic acids is 1. The Morgan fingerprint density at radius 1 is 1.58 bits per heavy atom. The quantitative estimate of drug-likeness (QED) is 0.588. The van der Waals surface area contributed by atoms with E-state index in [9.17, 15) is 4.79 Å². The van der Waals surface area contributed by atoms with Crippen LogP contribution < -0.4 is 0 Å². The second-order valence-corrected chi connectivity index (χ2v) is 4.02. The molecule has 0 amide bonds. The van der Waals surface area contributed by atoms with E-state index in [1.165, 1.54) is 0 Å². The van der Waals surface area contributed by atoms with Gasteiger partial charge in [0.1, 0.15) is 0 Å². The Balaban J connectivity index is 2.57. The fourth-order valence-electron chi connectivity index (χ4n) is 1.53. The summed E-state index contributed by atoms with van der Waals surface area (Å²) in [7, 11) is 0. The van der Waals surface area contributed by atoms with Crippen molar-refractivity contribution < 1.29 is 4.79 Å². The van der Waals surface area contributed by atoms with Gasteiger partial charge in [-0.2, -0.15) is 0 Å². The average molecular weight is 165 g/mol. The molecule has 1 aliphatic carbocycles. The molecule has 0 N–H and O–H groups in total. The van der Waals surface area contributed by atoms with E-state index in [2.05, 4.69) is 4.85 Å². The Hall–Kier alpha value is -0.840. The number of ketones is 1. The van der Waals surface area contributed by atoms with Gasteiger partial charge in [0.05, 0.1) is 0 Å². The summed E-state index contributed by atoms with van der Waals surface area (Å²) in [4.78, 5) is 15.1. The van der Waals surface area contributed by atoms with Gasteiger partial charge in [-0.3, -0.25) is 4.79 Å². The van der Waals surface area contributed by atoms with Crippen molar-refractivity contribution in [2.24, 2.45) is 5.92 Å². The number of hydrogen-bond donors (Lipinski definition) is 0. The van der Waals surface area contributed by atoms with Gasteiger partial charge in [0.15, 0.2) is 0 Å². The third kappa shape index (κ3) is 1.50. The van der Waals surface area contributed by atoms with Gasteiger partial charge >= 0.3 is 0 Å². The topological polar surface area (TPSA) is 21.4 Å². The second-order valence-electron chi connectivity index (χ2n) is 4.02. The molecule has 1 rings (SSSR count). The molecular weight excluding hydrogens is 150 g/mol. The smallest absolute Gasteiger partial charge is 0.289 e. The van der Waals surface area contributed by atoms with Crippen LogP contribution in [-0.4, -0.2) is 11.3 Å². The standard InChI is InChI=1S/C10H15NO/c1-8(2)7-9(12)10(11-3)5-4-6-10/h8H,4-7H2,1-2H3. The van der Waals surface area contributed by atoms with Gasteiger partial charge in [-0.05, 0) is 12.3 Å². The van der Waals surface area contributed by atoms with Crippen LogP contribution in [0, 0.1) is 12.5 Å². The predicted octanol–water partition coefficient (Wildman–Crippen LogP) is 2.44. The summed E-state index contributed by atoms with van der Waals surface area (Å²) >= 11 is 0. The van der Waals surface area contributed by atoms with E-state index in [-0.39, 0.29) is 5.78 Å². The zero-order chi connectivity index (χ0) is 9.19. The van der Waals surface area contributed by atoms with E-state index >= 15 is 0 Å². The van der Waals surface area contributed by atoms with Crippen molar-refractivity contribution in [2.75, 3.05) is 0 Å². The van der Waals surface area contributed by atoms with E-state index in [1.54, 1.807) is 0 Å². The second kappa shape index (κ2) is 3.26. The highest BCUT2D eigenvalue weighted by molar-refractivity contribution is 5.91. The molecule has 0 aromatic carbocycles. The lowest BCUT2D eigenvalue weighted by atomic mass is 9.72. The van der Waals surface area contributed by atoms with Crippen LogP contribution in [-0.2, 0) is 4.79 Å². The largest absolute Gasteiger partial charge is 0.302 e. The Morgan fingerprint density at radius 2 is 2.17 bits per heavy atom. The molecule has 0 spiro atoms. The van der Waals surface area contributed by atoms with Crippen LogP contribution in [0.15, 0.2) is 0 Å². The van der Waals surface area contributed by atoms with Crippen LogP contribution in [0.1, 0.15) is 39.5 Å². The molecule has 0 saturated heterocycles. The number of hydrogen-bond acceptors (Lipinski definition) is 1. The third-order valence-corrected chi connectivity index (χ3v) is 2.51. The fraction of sp³-hybridized carbons (Fsp3) is 0.800. The Labute approximate surface area is 73.8 Å². The van der Waals surface area contributed by atoms with Crippen molar-refractivity contribution in [1.29, 1.82) is 0 Å². The first kappa shape index (κ1) is 9.25. The summed E-state index contributed by atoms with van der Waals surface area (Å²) in [5.41, 5.74) is -0.593. The van der Waals surface area contributed by atoms with Crippen molar-refractivity contribution in [3.05, 3.63) is 11.4 Å². The molecule has 0 atom stereocenters. The maximum atomic E-state index is 11.6. The number of rotatable bonds is 3. The summed E-state index contributed by atoms with van der Waals surface area (Å²) in [6.07, 6.45) is 3.21. The first-order valence-corrected chi connectivity index (χ1v) is 4.52. The summed E-state index contributed by atoms with van der Waals surface area (Å²) in [5, 5.41) is 0. The summed E-state index contributed by atoms with van der Waals surface area (Å²) < 4.78 is 0. The van der Waals surface area contributed by atoms with E-state index in [4.69, 9.17) is 6.57 Å². The molecule has 1 fully saturated rings. The van der Waals surface area contributed by atoms with Gasteiger partial charge in [-0.25, -0.2) is 6.57 Å². The molecule has 2 nitrogen and oxygen atoms in total. The minimum absolute atomic E-state index is 0.166. The molecule has 0 aromatic heterocycles. The van der Waals surface area contributed by atoms with Crippen LogP contribution in [0.4, 0.5) is 0 Å². The number of carbonyl (C=O) groups is 1. The molecule has 2 heteroatoms. The van der Waals surface area contributed by atoms with Crippen LogP contribution in [0.25, 0.3) is 4.85 Å². The zero-order valence-corrected chi connectivity index (χ0v) is 7.76. The maximum Gasteiger partial charge on any atom is 0.289 e. The van der Waals surface area contributed by atoms with Gasteiger partial charge in [0.25, 0.3) is 5.54 Å². The van der Waals surface area contributed by atoms with E-state index in [0.29, 0.717) is 12.3 Å². The third-order valence-electron chi connectivity index (χ3n) is 2.51. The maximum absolute atomic E-state index is 11.6. The molecule has 1 saturated carbocycles. The molecule has 66 valence electrons. The first-order valence-electron chi connectivity index (χ1n) is 4.52. The van der Waals surface area contributed by atoms with Crippen molar-refractivity contribution in [1.82, 2.24) is 0 Å². The number of nitrogens with zero attached hydrogens (tertiary/aromatic N) is 1. The van der Waals surface area contributed by atoms with Gasteiger partial charge in [-0.1, -0.05) is 13.8 Å². The highest BCUT2D eigenvalue weighted by atomic mass is 16.1. The summed E-state index contributed by atoms with van der Waals surface area (Å²) in [6.45, 7) is 11.0. The van der Waals surface area contributed by atoms with Crippen LogP contribution in [0.3, 0.4) is 0 Å². The molecule has 0 heterocycles. The van der Waals surface area contributed by atoms with Crippen molar-refractivity contribution in [2.45, 2.75) is 45.1 Å².